The van der Waals surface area contributed by atoms with Crippen LogP contribution in [0.25, 0.3) is 0 Å². The van der Waals surface area contributed by atoms with Crippen molar-refractivity contribution in [2.45, 2.75) is 46.1 Å². The van der Waals surface area contributed by atoms with Crippen molar-refractivity contribution < 1.29 is 18.8 Å². The van der Waals surface area contributed by atoms with Gasteiger partial charge in [0.2, 0.25) is 5.91 Å². The monoisotopic (exact) mass is 525 g/mol. The summed E-state index contributed by atoms with van der Waals surface area (Å²) in [5.41, 5.74) is 13.0. The van der Waals surface area contributed by atoms with Crippen molar-refractivity contribution in [1.82, 2.24) is 9.69 Å². The van der Waals surface area contributed by atoms with Gasteiger partial charge in [-0.05, 0) is 65.2 Å². The van der Waals surface area contributed by atoms with E-state index in [4.69, 9.17) is 11.5 Å². The number of rotatable bonds is 10. The van der Waals surface area contributed by atoms with Crippen molar-refractivity contribution in [3.63, 3.8) is 0 Å². The van der Waals surface area contributed by atoms with Crippen molar-refractivity contribution in [1.29, 1.82) is 0 Å². The largest absolute Gasteiger partial charge is 0.395 e. The summed E-state index contributed by atoms with van der Waals surface area (Å²) in [4.78, 5) is 40.6. The minimum atomic E-state index is -1.15. The number of nitrogens with two attached hydrogens (primary N) is 2. The van der Waals surface area contributed by atoms with E-state index in [2.05, 4.69) is 9.69 Å². The summed E-state index contributed by atoms with van der Waals surface area (Å²) in [6.07, 6.45) is 0.739. The summed E-state index contributed by atoms with van der Waals surface area (Å²) < 4.78 is 17.7. The summed E-state index contributed by atoms with van der Waals surface area (Å²) in [5.74, 6) is -1.79. The maximum absolute atomic E-state index is 14.0. The zero-order chi connectivity index (χ0) is 27.3. The van der Waals surface area contributed by atoms with Gasteiger partial charge >= 0.3 is 0 Å². The molecule has 2 aromatic carbocycles. The van der Waals surface area contributed by atoms with Crippen LogP contribution in [-0.2, 0) is 4.79 Å². The highest BCUT2D eigenvalue weighted by molar-refractivity contribution is 7.09. The van der Waals surface area contributed by atoms with Crippen LogP contribution in [0.3, 0.4) is 0 Å². The van der Waals surface area contributed by atoms with Gasteiger partial charge < -0.3 is 16.8 Å². The first-order valence-corrected chi connectivity index (χ1v) is 12.8. The van der Waals surface area contributed by atoms with E-state index in [1.807, 2.05) is 39.8 Å². The van der Waals surface area contributed by atoms with Crippen molar-refractivity contribution >= 4 is 40.6 Å². The van der Waals surface area contributed by atoms with E-state index in [0.717, 1.165) is 23.5 Å². The molecule has 0 fully saturated rings. The smallest absolute Gasteiger partial charge is 0.273 e. The second-order valence-electron chi connectivity index (χ2n) is 9.49. The van der Waals surface area contributed by atoms with Gasteiger partial charge in [0.25, 0.3) is 11.8 Å². The Balaban J connectivity index is 2.16. The molecule has 0 aliphatic rings. The molecular formula is C27H32FN5O3S. The molecule has 3 rings (SSSR count). The van der Waals surface area contributed by atoms with Gasteiger partial charge in [-0.25, -0.2) is 4.39 Å². The number of halogens is 1. The molecule has 1 aromatic heterocycles. The lowest BCUT2D eigenvalue weighted by Crippen LogP contribution is -2.44. The number of nitrogen functional groups attached to an aromatic ring is 1. The lowest BCUT2D eigenvalue weighted by atomic mass is 10.00. The molecule has 1 atom stereocenters. The van der Waals surface area contributed by atoms with Crippen molar-refractivity contribution in [3.8, 4) is 0 Å². The molecule has 0 aliphatic heterocycles. The van der Waals surface area contributed by atoms with Gasteiger partial charge in [-0.3, -0.25) is 19.3 Å². The first-order valence-electron chi connectivity index (χ1n) is 12.0. The molecular weight excluding hydrogens is 493 g/mol. The third-order valence-electron chi connectivity index (χ3n) is 5.93. The van der Waals surface area contributed by atoms with Crippen LogP contribution in [-0.4, -0.2) is 28.6 Å². The molecule has 0 aliphatic carbocycles. The van der Waals surface area contributed by atoms with Crippen molar-refractivity contribution in [2.75, 3.05) is 17.2 Å². The van der Waals surface area contributed by atoms with Crippen LogP contribution in [0.4, 0.5) is 15.8 Å². The highest BCUT2D eigenvalue weighted by Crippen LogP contribution is 2.34. The first-order chi connectivity index (χ1) is 17.5. The van der Waals surface area contributed by atoms with Gasteiger partial charge in [-0.1, -0.05) is 52.0 Å². The number of amides is 3. The van der Waals surface area contributed by atoms with E-state index in [1.54, 1.807) is 12.1 Å². The molecule has 0 saturated carbocycles. The van der Waals surface area contributed by atoms with Crippen molar-refractivity contribution in [2.24, 2.45) is 11.7 Å². The maximum atomic E-state index is 14.0. The van der Waals surface area contributed by atoms with Gasteiger partial charge in [-0.2, -0.15) is 4.37 Å². The lowest BCUT2D eigenvalue weighted by molar-refractivity contribution is -0.122. The number of primary amides is 1. The van der Waals surface area contributed by atoms with E-state index in [9.17, 15) is 18.8 Å². The zero-order valence-electron chi connectivity index (χ0n) is 21.3. The highest BCUT2D eigenvalue weighted by atomic mass is 32.1. The lowest BCUT2D eigenvalue weighted by Gasteiger charge is -2.31. The van der Waals surface area contributed by atoms with Gasteiger partial charge in [0.15, 0.2) is 5.69 Å². The number of nitrogens with one attached hydrogen (secondary N) is 1. The van der Waals surface area contributed by atoms with Crippen LogP contribution >= 0.6 is 11.5 Å². The summed E-state index contributed by atoms with van der Waals surface area (Å²) in [5, 5.41) is 2.91. The first kappa shape index (κ1) is 27.8. The molecule has 0 saturated heterocycles. The fraction of sp³-hybridized carbons (Fsp3) is 0.333. The van der Waals surface area contributed by atoms with Crippen LogP contribution in [0.2, 0.25) is 0 Å². The Morgan fingerprint density at radius 2 is 1.59 bits per heavy atom. The number of anilines is 2. The standard InChI is InChI=1S/C27H32FN5O3S/c1-15(2)13-14-31-26(35)23(18-5-9-19(28)10-6-18)33(20-11-7-17(8-12-20)16(3)4)27(36)24-21(29)22(25(30)34)32-37-24/h5-12,15-16,23H,13-14,29H2,1-4H3,(H2,30,34)(H,31,35)/t23-/m1/s1. The quantitative estimate of drug-likeness (QED) is 0.355. The zero-order valence-corrected chi connectivity index (χ0v) is 22.1. The molecule has 1 heterocycles. The predicted molar refractivity (Wildman–Crippen MR) is 144 cm³/mol. The summed E-state index contributed by atoms with van der Waals surface area (Å²) >= 11 is 0.733. The van der Waals surface area contributed by atoms with Crippen LogP contribution in [0.1, 0.15) is 77.4 Å². The summed E-state index contributed by atoms with van der Waals surface area (Å²) in [6, 6.07) is 11.5. The molecule has 5 N–H and O–H groups in total. The van der Waals surface area contributed by atoms with Gasteiger partial charge in [0.05, 0.1) is 5.69 Å². The van der Waals surface area contributed by atoms with Crippen LogP contribution in [0.15, 0.2) is 48.5 Å². The highest BCUT2D eigenvalue weighted by Gasteiger charge is 2.36. The predicted octanol–water partition coefficient (Wildman–Crippen LogP) is 4.64. The Labute approximate surface area is 220 Å². The number of hydrogen-bond donors (Lipinski definition) is 3. The molecule has 0 unspecified atom stereocenters. The van der Waals surface area contributed by atoms with E-state index in [0.29, 0.717) is 23.7 Å². The van der Waals surface area contributed by atoms with Gasteiger partial charge in [-0.15, -0.1) is 0 Å². The number of aromatic nitrogens is 1. The Kier molecular flexibility index (Phi) is 8.99. The summed E-state index contributed by atoms with van der Waals surface area (Å²) in [7, 11) is 0. The Morgan fingerprint density at radius 1 is 1.00 bits per heavy atom. The Bertz CT molecular complexity index is 1260. The molecule has 37 heavy (non-hydrogen) atoms. The number of benzene rings is 2. The van der Waals surface area contributed by atoms with E-state index < -0.39 is 29.6 Å². The number of hydrogen-bond acceptors (Lipinski definition) is 6. The Hall–Kier alpha value is -3.79. The second kappa shape index (κ2) is 12.0. The molecule has 3 amide bonds. The van der Waals surface area contributed by atoms with Crippen LogP contribution < -0.4 is 21.7 Å². The minimum Gasteiger partial charge on any atom is -0.395 e. The van der Waals surface area contributed by atoms with E-state index in [-0.39, 0.29) is 22.2 Å². The third-order valence-corrected chi connectivity index (χ3v) is 6.78. The van der Waals surface area contributed by atoms with Crippen LogP contribution in [0, 0.1) is 11.7 Å². The molecule has 8 nitrogen and oxygen atoms in total. The van der Waals surface area contributed by atoms with E-state index in [1.165, 1.54) is 29.2 Å². The summed E-state index contributed by atoms with van der Waals surface area (Å²) in [6.45, 7) is 8.57. The average molecular weight is 526 g/mol. The fourth-order valence-electron chi connectivity index (χ4n) is 3.79. The topological polar surface area (TPSA) is 131 Å². The molecule has 10 heteroatoms. The van der Waals surface area contributed by atoms with Crippen LogP contribution in [0.5, 0.6) is 0 Å². The molecule has 3 aromatic rings. The molecule has 0 spiro atoms. The normalized spacial score (nSPS) is 12.0. The van der Waals surface area contributed by atoms with Crippen molar-refractivity contribution in [3.05, 3.63) is 76.0 Å². The minimum absolute atomic E-state index is 0.0242. The number of carbonyl (C=O) groups excluding carboxylic acids is 3. The number of carbonyl (C=O) groups is 3. The van der Waals surface area contributed by atoms with Gasteiger partial charge in [0, 0.05) is 12.2 Å². The number of nitrogens with zero attached hydrogens (tertiary/aromatic N) is 2. The SMILES string of the molecule is CC(C)CCNC(=O)[C@@H](c1ccc(F)cc1)N(C(=O)c1snc(C(N)=O)c1N)c1ccc(C(C)C)cc1. The second-order valence-corrected chi connectivity index (χ2v) is 10.3. The van der Waals surface area contributed by atoms with Gasteiger partial charge in [0.1, 0.15) is 16.7 Å². The molecule has 196 valence electrons. The molecule has 0 bridgehead atoms. The average Bonchev–Trinajstić information content (AvgIpc) is 3.24. The van der Waals surface area contributed by atoms with E-state index >= 15 is 0 Å². The molecule has 0 radical (unpaired) electrons. The Morgan fingerprint density at radius 3 is 2.11 bits per heavy atom. The third kappa shape index (κ3) is 6.51. The fourth-order valence-corrected chi connectivity index (χ4v) is 4.53. The maximum Gasteiger partial charge on any atom is 0.273 e.